The van der Waals surface area contributed by atoms with Crippen molar-refractivity contribution in [3.63, 3.8) is 0 Å². The molecule has 106 valence electrons. The molecular weight excluding hydrogens is 275 g/mol. The summed E-state index contributed by atoms with van der Waals surface area (Å²) in [5.41, 5.74) is 0.985. The Balaban J connectivity index is 2.18. The van der Waals surface area contributed by atoms with Crippen LogP contribution in [0.2, 0.25) is 0 Å². The molecule has 0 saturated carbocycles. The molecule has 0 aliphatic rings. The number of benzene rings is 1. The van der Waals surface area contributed by atoms with Crippen molar-refractivity contribution in [2.24, 2.45) is 0 Å². The average Bonchev–Trinajstić information content (AvgIpc) is 2.93. The highest BCUT2D eigenvalue weighted by molar-refractivity contribution is 7.10. The molecule has 0 fully saturated rings. The largest absolute Gasteiger partial charge is 0.377 e. The van der Waals surface area contributed by atoms with E-state index in [9.17, 15) is 9.18 Å². The van der Waals surface area contributed by atoms with Crippen molar-refractivity contribution in [1.82, 2.24) is 0 Å². The molecule has 2 aromatic rings. The first-order valence-corrected chi connectivity index (χ1v) is 7.35. The molecule has 0 aliphatic heterocycles. The molecule has 5 heteroatoms. The summed E-state index contributed by atoms with van der Waals surface area (Å²) >= 11 is 1.69. The van der Waals surface area contributed by atoms with E-state index in [2.05, 4.69) is 23.6 Å². The van der Waals surface area contributed by atoms with E-state index in [1.54, 1.807) is 23.5 Å². The molecule has 1 atom stereocenters. The molecule has 2 N–H and O–H groups in total. The maximum atomic E-state index is 13.6. The highest BCUT2D eigenvalue weighted by atomic mass is 32.1. The maximum Gasteiger partial charge on any atom is 0.221 e. The van der Waals surface area contributed by atoms with Gasteiger partial charge in [0.2, 0.25) is 5.91 Å². The van der Waals surface area contributed by atoms with E-state index in [1.807, 2.05) is 11.4 Å². The fourth-order valence-electron chi connectivity index (χ4n) is 1.97. The first-order valence-electron chi connectivity index (χ1n) is 6.47. The Bertz CT molecular complexity index is 584. The number of carbonyl (C=O) groups is 1. The van der Waals surface area contributed by atoms with Gasteiger partial charge in [0.1, 0.15) is 5.82 Å². The summed E-state index contributed by atoms with van der Waals surface area (Å²) < 4.78 is 13.6. The number of carbonyl (C=O) groups excluding carboxylic acids is 1. The first-order chi connectivity index (χ1) is 9.60. The molecule has 0 bridgehead atoms. The summed E-state index contributed by atoms with van der Waals surface area (Å²) in [4.78, 5) is 12.3. The monoisotopic (exact) mass is 292 g/mol. The quantitative estimate of drug-likeness (QED) is 0.857. The zero-order valence-corrected chi connectivity index (χ0v) is 12.3. The van der Waals surface area contributed by atoms with Gasteiger partial charge in [0.15, 0.2) is 0 Å². The fourth-order valence-corrected chi connectivity index (χ4v) is 2.83. The van der Waals surface area contributed by atoms with Crippen molar-refractivity contribution in [1.29, 1.82) is 0 Å². The molecule has 1 amide bonds. The molecule has 1 aromatic heterocycles. The molecule has 3 nitrogen and oxygen atoms in total. The smallest absolute Gasteiger partial charge is 0.221 e. The number of amides is 1. The molecule has 20 heavy (non-hydrogen) atoms. The summed E-state index contributed by atoms with van der Waals surface area (Å²) in [6.07, 6.45) is 0.924. The van der Waals surface area contributed by atoms with Gasteiger partial charge >= 0.3 is 0 Å². The number of nitrogens with one attached hydrogen (secondary N) is 2. The van der Waals surface area contributed by atoms with E-state index in [4.69, 9.17) is 0 Å². The highest BCUT2D eigenvalue weighted by Gasteiger charge is 2.11. The van der Waals surface area contributed by atoms with Crippen LogP contribution in [0.25, 0.3) is 0 Å². The number of thiophene rings is 1. The average molecular weight is 292 g/mol. The Labute approximate surface area is 121 Å². The Morgan fingerprint density at radius 3 is 2.80 bits per heavy atom. The Hall–Kier alpha value is -1.88. The van der Waals surface area contributed by atoms with Crippen LogP contribution in [0.15, 0.2) is 35.7 Å². The molecule has 0 radical (unpaired) electrons. The van der Waals surface area contributed by atoms with Crippen molar-refractivity contribution in [2.45, 2.75) is 26.3 Å². The second-order valence-electron chi connectivity index (χ2n) is 4.50. The SMILES string of the molecule is CCC(Nc1ccc(F)c(NC(C)=O)c1)c1cccs1. The van der Waals surface area contributed by atoms with Crippen LogP contribution >= 0.6 is 11.3 Å². The van der Waals surface area contributed by atoms with Crippen molar-refractivity contribution >= 4 is 28.6 Å². The van der Waals surface area contributed by atoms with Crippen LogP contribution in [0.3, 0.4) is 0 Å². The molecular formula is C15H17FN2OS. The normalized spacial score (nSPS) is 11.9. The third kappa shape index (κ3) is 3.57. The molecule has 1 aromatic carbocycles. The van der Waals surface area contributed by atoms with E-state index in [0.717, 1.165) is 12.1 Å². The Morgan fingerprint density at radius 1 is 1.40 bits per heavy atom. The van der Waals surface area contributed by atoms with E-state index in [0.29, 0.717) is 0 Å². The van der Waals surface area contributed by atoms with Gasteiger partial charge in [0, 0.05) is 17.5 Å². The van der Waals surface area contributed by atoms with Gasteiger partial charge in [-0.1, -0.05) is 13.0 Å². The third-order valence-electron chi connectivity index (χ3n) is 2.91. The lowest BCUT2D eigenvalue weighted by atomic mass is 10.1. The standard InChI is InChI=1S/C15H17FN2OS/c1-3-13(15-5-4-8-20-15)18-11-6-7-12(16)14(9-11)17-10(2)19/h4-9,13,18H,3H2,1-2H3,(H,17,19). The number of halogens is 1. The second-order valence-corrected chi connectivity index (χ2v) is 5.48. The maximum absolute atomic E-state index is 13.6. The fraction of sp³-hybridized carbons (Fsp3) is 0.267. The first kappa shape index (κ1) is 14.5. The van der Waals surface area contributed by atoms with E-state index < -0.39 is 5.82 Å². The lowest BCUT2D eigenvalue weighted by Gasteiger charge is -2.17. The van der Waals surface area contributed by atoms with Crippen LogP contribution < -0.4 is 10.6 Å². The number of hydrogen-bond acceptors (Lipinski definition) is 3. The minimum Gasteiger partial charge on any atom is -0.377 e. The van der Waals surface area contributed by atoms with Crippen LogP contribution in [-0.4, -0.2) is 5.91 Å². The lowest BCUT2D eigenvalue weighted by molar-refractivity contribution is -0.114. The van der Waals surface area contributed by atoms with E-state index in [1.165, 1.54) is 17.9 Å². The van der Waals surface area contributed by atoms with Crippen molar-refractivity contribution < 1.29 is 9.18 Å². The predicted octanol–water partition coefficient (Wildman–Crippen LogP) is 4.41. The Morgan fingerprint density at radius 2 is 2.20 bits per heavy atom. The number of anilines is 2. The van der Waals surface area contributed by atoms with Gasteiger partial charge in [-0.2, -0.15) is 0 Å². The third-order valence-corrected chi connectivity index (χ3v) is 3.90. The topological polar surface area (TPSA) is 41.1 Å². The van der Waals surface area contributed by atoms with E-state index in [-0.39, 0.29) is 17.6 Å². The summed E-state index contributed by atoms with van der Waals surface area (Å²) in [5.74, 6) is -0.721. The van der Waals surface area contributed by atoms with Gasteiger partial charge in [-0.05, 0) is 36.1 Å². The summed E-state index contributed by atoms with van der Waals surface area (Å²) in [5, 5.41) is 7.89. The van der Waals surface area contributed by atoms with Gasteiger partial charge < -0.3 is 10.6 Å². The summed E-state index contributed by atoms with van der Waals surface area (Å²) in [6, 6.07) is 8.92. The van der Waals surface area contributed by atoms with Crippen molar-refractivity contribution in [3.8, 4) is 0 Å². The van der Waals surface area contributed by atoms with Crippen molar-refractivity contribution in [3.05, 3.63) is 46.4 Å². The Kier molecular flexibility index (Phi) is 4.74. The minimum absolute atomic E-state index is 0.186. The zero-order valence-electron chi connectivity index (χ0n) is 11.4. The molecule has 1 unspecified atom stereocenters. The zero-order chi connectivity index (χ0) is 14.5. The molecule has 1 heterocycles. The van der Waals surface area contributed by atoms with Gasteiger partial charge in [0.25, 0.3) is 0 Å². The van der Waals surface area contributed by atoms with Crippen LogP contribution in [-0.2, 0) is 4.79 Å². The van der Waals surface area contributed by atoms with Crippen LogP contribution in [0, 0.1) is 5.82 Å². The van der Waals surface area contributed by atoms with Crippen LogP contribution in [0.1, 0.15) is 31.2 Å². The molecule has 0 spiro atoms. The minimum atomic E-state index is -0.435. The number of rotatable bonds is 5. The van der Waals surface area contributed by atoms with Crippen LogP contribution in [0.4, 0.5) is 15.8 Å². The van der Waals surface area contributed by atoms with Gasteiger partial charge in [-0.15, -0.1) is 11.3 Å². The lowest BCUT2D eigenvalue weighted by Crippen LogP contribution is -2.10. The second kappa shape index (κ2) is 6.52. The molecule has 2 rings (SSSR count). The highest BCUT2D eigenvalue weighted by Crippen LogP contribution is 2.28. The van der Waals surface area contributed by atoms with Gasteiger partial charge in [-0.3, -0.25) is 4.79 Å². The summed E-state index contributed by atoms with van der Waals surface area (Å²) in [6.45, 7) is 3.45. The van der Waals surface area contributed by atoms with Crippen LogP contribution in [0.5, 0.6) is 0 Å². The molecule has 0 aliphatic carbocycles. The van der Waals surface area contributed by atoms with Gasteiger partial charge in [0.05, 0.1) is 11.7 Å². The van der Waals surface area contributed by atoms with Crippen molar-refractivity contribution in [2.75, 3.05) is 10.6 Å². The van der Waals surface area contributed by atoms with Gasteiger partial charge in [-0.25, -0.2) is 4.39 Å². The predicted molar refractivity (Wildman–Crippen MR) is 81.7 cm³/mol. The molecule has 0 saturated heterocycles. The summed E-state index contributed by atoms with van der Waals surface area (Å²) in [7, 11) is 0. The number of hydrogen-bond donors (Lipinski definition) is 2. The van der Waals surface area contributed by atoms with E-state index >= 15 is 0 Å².